The lowest BCUT2D eigenvalue weighted by Gasteiger charge is -2.27. The molecular weight excluding hydrogens is 320 g/mol. The van der Waals surface area contributed by atoms with E-state index in [1.165, 1.54) is 4.88 Å². The molecule has 0 aliphatic heterocycles. The molecule has 4 heteroatoms. The zero-order valence-corrected chi connectivity index (χ0v) is 13.3. The van der Waals surface area contributed by atoms with Gasteiger partial charge in [0, 0.05) is 34.5 Å². The second kappa shape index (κ2) is 6.23. The van der Waals surface area contributed by atoms with E-state index in [1.807, 2.05) is 18.2 Å². The Labute approximate surface area is 126 Å². The van der Waals surface area contributed by atoms with Gasteiger partial charge in [-0.3, -0.25) is 0 Å². The predicted molar refractivity (Wildman–Crippen MR) is 84.7 cm³/mol. The highest BCUT2D eigenvalue weighted by Crippen LogP contribution is 2.24. The Hall–Kier alpha value is -1.31. The van der Waals surface area contributed by atoms with Gasteiger partial charge in [0.25, 0.3) is 0 Å². The van der Waals surface area contributed by atoms with E-state index in [4.69, 9.17) is 5.26 Å². The lowest BCUT2D eigenvalue weighted by molar-refractivity contribution is 0.688. The minimum Gasteiger partial charge on any atom is -0.371 e. The van der Waals surface area contributed by atoms with Crippen LogP contribution in [0.4, 0.5) is 5.69 Å². The number of rotatable bonds is 4. The Balaban J connectivity index is 2.17. The quantitative estimate of drug-likeness (QED) is 0.825. The maximum absolute atomic E-state index is 9.03. The van der Waals surface area contributed by atoms with Gasteiger partial charge in [-0.2, -0.15) is 5.26 Å². The average Bonchev–Trinajstić information content (AvgIpc) is 2.89. The number of likely N-dealkylation sites (N-methyl/N-ethyl adjacent to an activating group) is 1. The van der Waals surface area contributed by atoms with Crippen molar-refractivity contribution >= 4 is 33.0 Å². The van der Waals surface area contributed by atoms with E-state index in [1.54, 1.807) is 11.3 Å². The van der Waals surface area contributed by atoms with Crippen molar-refractivity contribution in [3.8, 4) is 6.07 Å². The molecule has 2 aromatic rings. The van der Waals surface area contributed by atoms with Gasteiger partial charge >= 0.3 is 0 Å². The molecule has 1 unspecified atom stereocenters. The fraction of sp³-hybridized carbons (Fsp3) is 0.267. The van der Waals surface area contributed by atoms with Gasteiger partial charge in [0.05, 0.1) is 11.6 Å². The van der Waals surface area contributed by atoms with E-state index in [9.17, 15) is 0 Å². The molecule has 0 amide bonds. The van der Waals surface area contributed by atoms with Crippen LogP contribution in [0.1, 0.15) is 17.4 Å². The highest BCUT2D eigenvalue weighted by atomic mass is 79.9. The molecule has 0 radical (unpaired) electrons. The molecule has 0 fully saturated rings. The molecule has 0 saturated carbocycles. The minimum atomic E-state index is 0.388. The first-order chi connectivity index (χ1) is 9.10. The molecule has 2 rings (SSSR count). The van der Waals surface area contributed by atoms with Crippen molar-refractivity contribution in [2.24, 2.45) is 0 Å². The molecule has 0 aliphatic rings. The van der Waals surface area contributed by atoms with Crippen LogP contribution in [0.3, 0.4) is 0 Å². The number of thiophene rings is 1. The van der Waals surface area contributed by atoms with E-state index in [2.05, 4.69) is 58.4 Å². The zero-order valence-electron chi connectivity index (χ0n) is 10.9. The summed E-state index contributed by atoms with van der Waals surface area (Å²) >= 11 is 5.24. The first kappa shape index (κ1) is 14.1. The lowest BCUT2D eigenvalue weighted by Crippen LogP contribution is -2.30. The van der Waals surface area contributed by atoms with Crippen LogP contribution in [0.25, 0.3) is 0 Å². The molecule has 1 aromatic carbocycles. The summed E-state index contributed by atoms with van der Waals surface area (Å²) in [6.07, 6.45) is 1.02. The van der Waals surface area contributed by atoms with Gasteiger partial charge in [-0.25, -0.2) is 0 Å². The Bertz CT molecular complexity index is 587. The first-order valence-electron chi connectivity index (χ1n) is 6.06. The summed E-state index contributed by atoms with van der Waals surface area (Å²) in [6.45, 7) is 2.20. The van der Waals surface area contributed by atoms with Crippen molar-refractivity contribution in [1.82, 2.24) is 0 Å². The van der Waals surface area contributed by atoms with E-state index in [0.29, 0.717) is 11.6 Å². The van der Waals surface area contributed by atoms with E-state index in [0.717, 1.165) is 16.6 Å². The SMILES string of the molecule is CC(Cc1cccs1)N(C)c1cc(Br)cc(C#N)c1. The largest absolute Gasteiger partial charge is 0.371 e. The second-order valence-electron chi connectivity index (χ2n) is 4.55. The fourth-order valence-corrected chi connectivity index (χ4v) is 3.26. The standard InChI is InChI=1S/C15H15BrN2S/c1-11(6-15-4-3-5-19-15)18(2)14-8-12(10-17)7-13(16)9-14/h3-5,7-9,11H,6H2,1-2H3. The van der Waals surface area contributed by atoms with Crippen LogP contribution >= 0.6 is 27.3 Å². The van der Waals surface area contributed by atoms with Crippen LogP contribution in [-0.4, -0.2) is 13.1 Å². The Morgan fingerprint density at radius 1 is 1.42 bits per heavy atom. The zero-order chi connectivity index (χ0) is 13.8. The molecule has 0 aliphatic carbocycles. The monoisotopic (exact) mass is 334 g/mol. The van der Waals surface area contributed by atoms with Gasteiger partial charge in [-0.15, -0.1) is 11.3 Å². The summed E-state index contributed by atoms with van der Waals surface area (Å²) in [4.78, 5) is 3.60. The minimum absolute atomic E-state index is 0.388. The summed E-state index contributed by atoms with van der Waals surface area (Å²) < 4.78 is 0.941. The highest BCUT2D eigenvalue weighted by Gasteiger charge is 2.12. The van der Waals surface area contributed by atoms with Crippen LogP contribution in [0, 0.1) is 11.3 Å². The van der Waals surface area contributed by atoms with Gasteiger partial charge in [-0.1, -0.05) is 22.0 Å². The van der Waals surface area contributed by atoms with Crippen LogP contribution < -0.4 is 4.90 Å². The predicted octanol–water partition coefficient (Wildman–Crippen LogP) is 4.45. The van der Waals surface area contributed by atoms with Crippen LogP contribution in [0.5, 0.6) is 0 Å². The van der Waals surface area contributed by atoms with Crippen LogP contribution in [-0.2, 0) is 6.42 Å². The smallest absolute Gasteiger partial charge is 0.0992 e. The number of nitriles is 1. The summed E-state index contributed by atoms with van der Waals surface area (Å²) in [6, 6.07) is 12.6. The van der Waals surface area contributed by atoms with Gasteiger partial charge in [0.15, 0.2) is 0 Å². The van der Waals surface area contributed by atoms with Gasteiger partial charge in [0.2, 0.25) is 0 Å². The molecular formula is C15H15BrN2S. The third kappa shape index (κ3) is 3.59. The van der Waals surface area contributed by atoms with Crippen LogP contribution in [0.15, 0.2) is 40.2 Å². The molecule has 98 valence electrons. The number of nitrogens with zero attached hydrogens (tertiary/aromatic N) is 2. The molecule has 0 N–H and O–H groups in total. The summed E-state index contributed by atoms with van der Waals surface area (Å²) in [5, 5.41) is 11.1. The summed E-state index contributed by atoms with van der Waals surface area (Å²) in [5.41, 5.74) is 1.74. The maximum atomic E-state index is 9.03. The number of hydrogen-bond acceptors (Lipinski definition) is 3. The molecule has 19 heavy (non-hydrogen) atoms. The van der Waals surface area contributed by atoms with E-state index >= 15 is 0 Å². The third-order valence-corrected chi connectivity index (χ3v) is 4.51. The van der Waals surface area contributed by atoms with Gasteiger partial charge < -0.3 is 4.90 Å². The maximum Gasteiger partial charge on any atom is 0.0992 e. The topological polar surface area (TPSA) is 27.0 Å². The Kier molecular flexibility index (Phi) is 4.62. The van der Waals surface area contributed by atoms with Crippen LogP contribution in [0.2, 0.25) is 0 Å². The number of hydrogen-bond donors (Lipinski definition) is 0. The lowest BCUT2D eigenvalue weighted by atomic mass is 10.1. The summed E-state index contributed by atoms with van der Waals surface area (Å²) in [7, 11) is 2.07. The second-order valence-corrected chi connectivity index (χ2v) is 6.50. The Morgan fingerprint density at radius 3 is 2.84 bits per heavy atom. The van der Waals surface area contributed by atoms with Crippen molar-refractivity contribution in [1.29, 1.82) is 5.26 Å². The number of benzene rings is 1. The van der Waals surface area contributed by atoms with Crippen molar-refractivity contribution in [2.75, 3.05) is 11.9 Å². The van der Waals surface area contributed by atoms with E-state index in [-0.39, 0.29) is 0 Å². The molecule has 2 nitrogen and oxygen atoms in total. The van der Waals surface area contributed by atoms with Crippen molar-refractivity contribution < 1.29 is 0 Å². The van der Waals surface area contributed by atoms with Crippen molar-refractivity contribution in [3.63, 3.8) is 0 Å². The van der Waals surface area contributed by atoms with Crippen molar-refractivity contribution in [2.45, 2.75) is 19.4 Å². The summed E-state index contributed by atoms with van der Waals surface area (Å²) in [5.74, 6) is 0. The fourth-order valence-electron chi connectivity index (χ4n) is 1.95. The first-order valence-corrected chi connectivity index (χ1v) is 7.73. The molecule has 0 spiro atoms. The molecule has 1 atom stereocenters. The normalized spacial score (nSPS) is 11.9. The number of halogens is 1. The molecule has 0 bridgehead atoms. The van der Waals surface area contributed by atoms with Gasteiger partial charge in [-0.05, 0) is 36.6 Å². The third-order valence-electron chi connectivity index (χ3n) is 3.16. The van der Waals surface area contributed by atoms with Crippen molar-refractivity contribution in [3.05, 3.63) is 50.6 Å². The van der Waals surface area contributed by atoms with Gasteiger partial charge in [0.1, 0.15) is 0 Å². The number of anilines is 1. The molecule has 1 aromatic heterocycles. The van der Waals surface area contributed by atoms with E-state index < -0.39 is 0 Å². The highest BCUT2D eigenvalue weighted by molar-refractivity contribution is 9.10. The Morgan fingerprint density at radius 2 is 2.21 bits per heavy atom. The molecule has 1 heterocycles. The average molecular weight is 335 g/mol. The molecule has 0 saturated heterocycles.